The molecule has 20 heavy (non-hydrogen) atoms. The van der Waals surface area contributed by atoms with Crippen LogP contribution in [0.4, 0.5) is 0 Å². The number of hydrogen-bond donors (Lipinski definition) is 2. The van der Waals surface area contributed by atoms with Crippen molar-refractivity contribution in [3.63, 3.8) is 0 Å². The Morgan fingerprint density at radius 1 is 1.10 bits per heavy atom. The molecule has 0 aliphatic rings. The Morgan fingerprint density at radius 2 is 1.50 bits per heavy atom. The molecule has 0 saturated carbocycles. The van der Waals surface area contributed by atoms with E-state index in [0.29, 0.717) is 12.8 Å². The van der Waals surface area contributed by atoms with Gasteiger partial charge in [-0.1, -0.05) is 43.6 Å². The van der Waals surface area contributed by atoms with Gasteiger partial charge in [-0.3, -0.25) is 9.59 Å². The lowest BCUT2D eigenvalue weighted by Gasteiger charge is -2.24. The third-order valence-corrected chi connectivity index (χ3v) is 2.48. The maximum atomic E-state index is 11.8. The van der Waals surface area contributed by atoms with Crippen LogP contribution in [0.2, 0.25) is 0 Å². The number of hydrogen-bond acceptors (Lipinski definition) is 2. The number of carbonyl (C=O) groups is 2. The van der Waals surface area contributed by atoms with E-state index in [0.717, 1.165) is 0 Å². The number of nitrogens with two attached hydrogens (primary N) is 1. The van der Waals surface area contributed by atoms with Gasteiger partial charge in [-0.05, 0) is 33.6 Å². The average Bonchev–Trinajstić information content (AvgIpc) is 2.10. The predicted octanol–water partition coefficient (Wildman–Crippen LogP) is 3.98. The highest BCUT2D eigenvalue weighted by Crippen LogP contribution is 2.16. The van der Waals surface area contributed by atoms with E-state index in [4.69, 9.17) is 5.73 Å². The SMILES string of the molecule is C.C.C.C.CCC(CC(C)C(=O)NC(C)(C)C)C(N)=O. The summed E-state index contributed by atoms with van der Waals surface area (Å²) in [6, 6.07) is 0. The summed E-state index contributed by atoms with van der Waals surface area (Å²) in [5.41, 5.74) is 5.02. The van der Waals surface area contributed by atoms with Gasteiger partial charge >= 0.3 is 0 Å². The summed E-state index contributed by atoms with van der Waals surface area (Å²) in [4.78, 5) is 22.8. The minimum absolute atomic E-state index is 0. The van der Waals surface area contributed by atoms with Crippen molar-refractivity contribution in [1.82, 2.24) is 5.32 Å². The van der Waals surface area contributed by atoms with Crippen molar-refractivity contribution in [3.8, 4) is 0 Å². The monoisotopic (exact) mass is 292 g/mol. The first-order chi connectivity index (χ1) is 7.17. The van der Waals surface area contributed by atoms with Gasteiger partial charge in [-0.15, -0.1) is 0 Å². The normalized spacial score (nSPS) is 12.2. The molecule has 126 valence electrons. The lowest BCUT2D eigenvalue weighted by atomic mass is 9.92. The van der Waals surface area contributed by atoms with Crippen LogP contribution in [0.3, 0.4) is 0 Å². The Bertz CT molecular complexity index is 258. The Labute approximate surface area is 127 Å². The molecule has 0 heterocycles. The number of carbonyl (C=O) groups excluding carboxylic acids is 2. The quantitative estimate of drug-likeness (QED) is 0.804. The van der Waals surface area contributed by atoms with Crippen molar-refractivity contribution in [2.75, 3.05) is 0 Å². The largest absolute Gasteiger partial charge is 0.369 e. The topological polar surface area (TPSA) is 72.2 Å². The number of rotatable bonds is 5. The standard InChI is InChI=1S/C12H24N2O2.4CH4/c1-6-9(10(13)15)7-8(2)11(16)14-12(3,4)5;;;;/h8-9H,6-7H2,1-5H3,(H2,13,15)(H,14,16);4*1H4. The molecule has 0 saturated heterocycles. The van der Waals surface area contributed by atoms with Crippen LogP contribution in [-0.2, 0) is 9.59 Å². The van der Waals surface area contributed by atoms with E-state index in [1.54, 1.807) is 0 Å². The third kappa shape index (κ3) is 13.4. The van der Waals surface area contributed by atoms with Crippen molar-refractivity contribution in [2.45, 2.75) is 82.7 Å². The van der Waals surface area contributed by atoms with Crippen molar-refractivity contribution in [2.24, 2.45) is 17.6 Å². The summed E-state index contributed by atoms with van der Waals surface area (Å²) in [5, 5.41) is 2.90. The van der Waals surface area contributed by atoms with Crippen LogP contribution in [-0.4, -0.2) is 17.4 Å². The van der Waals surface area contributed by atoms with Gasteiger partial charge in [0.25, 0.3) is 0 Å². The maximum absolute atomic E-state index is 11.8. The van der Waals surface area contributed by atoms with Crippen molar-refractivity contribution in [1.29, 1.82) is 0 Å². The molecule has 0 aliphatic heterocycles. The Hall–Kier alpha value is -1.06. The van der Waals surface area contributed by atoms with E-state index < -0.39 is 0 Å². The molecule has 2 atom stereocenters. The molecular formula is C16H40N2O2. The van der Waals surface area contributed by atoms with Crippen LogP contribution in [0.15, 0.2) is 0 Å². The van der Waals surface area contributed by atoms with Gasteiger partial charge in [-0.25, -0.2) is 0 Å². The lowest BCUT2D eigenvalue weighted by molar-refractivity contribution is -0.127. The minimum atomic E-state index is -0.321. The molecular weight excluding hydrogens is 252 g/mol. The average molecular weight is 293 g/mol. The minimum Gasteiger partial charge on any atom is -0.369 e. The fourth-order valence-electron chi connectivity index (χ4n) is 1.51. The van der Waals surface area contributed by atoms with Crippen molar-refractivity contribution >= 4 is 11.8 Å². The highest BCUT2D eigenvalue weighted by molar-refractivity contribution is 5.81. The molecule has 0 fully saturated rings. The van der Waals surface area contributed by atoms with Gasteiger partial charge in [0.05, 0.1) is 0 Å². The molecule has 4 heteroatoms. The highest BCUT2D eigenvalue weighted by Gasteiger charge is 2.23. The van der Waals surface area contributed by atoms with Crippen LogP contribution >= 0.6 is 0 Å². The second-order valence-corrected chi connectivity index (χ2v) is 5.38. The first kappa shape index (κ1) is 31.4. The van der Waals surface area contributed by atoms with Gasteiger partial charge in [0.1, 0.15) is 0 Å². The highest BCUT2D eigenvalue weighted by atomic mass is 16.2. The fraction of sp³-hybridized carbons (Fsp3) is 0.875. The van der Waals surface area contributed by atoms with E-state index in [1.807, 2.05) is 34.6 Å². The summed E-state index contributed by atoms with van der Waals surface area (Å²) in [7, 11) is 0. The van der Waals surface area contributed by atoms with Gasteiger partial charge in [0, 0.05) is 17.4 Å². The summed E-state index contributed by atoms with van der Waals surface area (Å²) >= 11 is 0. The summed E-state index contributed by atoms with van der Waals surface area (Å²) in [6.45, 7) is 9.53. The van der Waals surface area contributed by atoms with Crippen LogP contribution in [0.5, 0.6) is 0 Å². The molecule has 2 unspecified atom stereocenters. The van der Waals surface area contributed by atoms with Gasteiger partial charge < -0.3 is 11.1 Å². The van der Waals surface area contributed by atoms with E-state index in [9.17, 15) is 9.59 Å². The number of amides is 2. The fourth-order valence-corrected chi connectivity index (χ4v) is 1.51. The van der Waals surface area contributed by atoms with Crippen LogP contribution < -0.4 is 11.1 Å². The van der Waals surface area contributed by atoms with Crippen LogP contribution in [0.25, 0.3) is 0 Å². The van der Waals surface area contributed by atoms with E-state index in [1.165, 1.54) is 0 Å². The zero-order valence-corrected chi connectivity index (χ0v) is 11.0. The van der Waals surface area contributed by atoms with Crippen LogP contribution in [0.1, 0.15) is 77.2 Å². The molecule has 0 aromatic rings. The third-order valence-electron chi connectivity index (χ3n) is 2.48. The smallest absolute Gasteiger partial charge is 0.223 e. The first-order valence-electron chi connectivity index (χ1n) is 5.78. The molecule has 0 rings (SSSR count). The molecule has 0 radical (unpaired) electrons. The second-order valence-electron chi connectivity index (χ2n) is 5.38. The Kier molecular flexibility index (Phi) is 20.3. The predicted molar refractivity (Wildman–Crippen MR) is 91.6 cm³/mol. The van der Waals surface area contributed by atoms with Crippen molar-refractivity contribution in [3.05, 3.63) is 0 Å². The summed E-state index contributed by atoms with van der Waals surface area (Å²) < 4.78 is 0. The van der Waals surface area contributed by atoms with E-state index >= 15 is 0 Å². The molecule has 0 aliphatic carbocycles. The molecule has 2 amide bonds. The van der Waals surface area contributed by atoms with Crippen LogP contribution in [0, 0.1) is 11.8 Å². The number of nitrogens with one attached hydrogen (secondary N) is 1. The second kappa shape index (κ2) is 12.9. The summed E-state index contributed by atoms with van der Waals surface area (Å²) in [5.74, 6) is -0.734. The van der Waals surface area contributed by atoms with Gasteiger partial charge in [0.15, 0.2) is 0 Å². The Balaban J connectivity index is -0.000000187. The lowest BCUT2D eigenvalue weighted by Crippen LogP contribution is -2.44. The number of primary amides is 1. The van der Waals surface area contributed by atoms with E-state index in [-0.39, 0.29) is 58.9 Å². The van der Waals surface area contributed by atoms with Gasteiger partial charge in [-0.2, -0.15) is 0 Å². The maximum Gasteiger partial charge on any atom is 0.223 e. The molecule has 0 bridgehead atoms. The first-order valence-corrected chi connectivity index (χ1v) is 5.78. The Morgan fingerprint density at radius 3 is 1.75 bits per heavy atom. The molecule has 0 aromatic heterocycles. The zero-order valence-electron chi connectivity index (χ0n) is 11.0. The van der Waals surface area contributed by atoms with Gasteiger partial charge in [0.2, 0.25) is 11.8 Å². The van der Waals surface area contributed by atoms with E-state index in [2.05, 4.69) is 5.32 Å². The zero-order chi connectivity index (χ0) is 12.9. The molecule has 0 aromatic carbocycles. The van der Waals surface area contributed by atoms with Crippen molar-refractivity contribution < 1.29 is 9.59 Å². The summed E-state index contributed by atoms with van der Waals surface area (Å²) in [6.07, 6.45) is 1.20. The molecule has 3 N–H and O–H groups in total. The molecule has 4 nitrogen and oxygen atoms in total. The molecule has 0 spiro atoms.